The van der Waals surface area contributed by atoms with Crippen LogP contribution in [0.1, 0.15) is 47.5 Å². The van der Waals surface area contributed by atoms with Gasteiger partial charge in [0.2, 0.25) is 0 Å². The van der Waals surface area contributed by atoms with Gasteiger partial charge >= 0.3 is 0 Å². The number of Topliss-reactive ketones (excluding diaryl/α,β-unsaturated/α-hetero) is 1. The molecule has 0 spiro atoms. The van der Waals surface area contributed by atoms with Crippen LogP contribution in [-0.2, 0) is 19.1 Å². The molecular weight excluding hydrogens is 348 g/mol. The molecule has 0 aliphatic carbocycles. The van der Waals surface area contributed by atoms with Crippen molar-refractivity contribution in [1.29, 1.82) is 0 Å². The number of hydrogen-bond acceptors (Lipinski definition) is 7. The summed E-state index contributed by atoms with van der Waals surface area (Å²) in [7, 11) is 3.72. The summed E-state index contributed by atoms with van der Waals surface area (Å²) >= 11 is 0. The zero-order valence-corrected chi connectivity index (χ0v) is 18.6. The molecule has 7 nitrogen and oxygen atoms in total. The van der Waals surface area contributed by atoms with Crippen LogP contribution in [0.25, 0.3) is 0 Å². The van der Waals surface area contributed by atoms with E-state index in [0.29, 0.717) is 39.4 Å². The van der Waals surface area contributed by atoms with Crippen LogP contribution in [0.5, 0.6) is 0 Å². The number of aliphatic hydroxyl groups is 1. The first kappa shape index (κ1) is 30.9. The van der Waals surface area contributed by atoms with Gasteiger partial charge in [0.15, 0.2) is 0 Å². The van der Waals surface area contributed by atoms with E-state index in [1.165, 1.54) is 0 Å². The Hall–Kier alpha value is -0.860. The van der Waals surface area contributed by atoms with Crippen LogP contribution in [0.15, 0.2) is 0 Å². The number of aldehydes is 1. The molecule has 0 rings (SSSR count). The summed E-state index contributed by atoms with van der Waals surface area (Å²) in [6.45, 7) is 13.7. The van der Waals surface area contributed by atoms with Crippen LogP contribution in [0.4, 0.5) is 0 Å². The fourth-order valence-electron chi connectivity index (χ4n) is 1.79. The molecule has 0 fully saturated rings. The van der Waals surface area contributed by atoms with Crippen molar-refractivity contribution in [2.24, 2.45) is 5.92 Å². The van der Waals surface area contributed by atoms with E-state index in [0.717, 1.165) is 19.3 Å². The van der Waals surface area contributed by atoms with Crippen molar-refractivity contribution >= 4 is 12.1 Å². The number of nitrogens with zero attached hydrogens (tertiary/aromatic N) is 1. The Bertz CT molecular complexity index is 315. The highest BCUT2D eigenvalue weighted by molar-refractivity contribution is 5.80. The molecule has 0 aliphatic rings. The minimum Gasteiger partial charge on any atom is -0.395 e. The monoisotopic (exact) mass is 392 g/mol. The number of rotatable bonds is 15. The average Bonchev–Trinajstić information content (AvgIpc) is 2.67. The molecule has 0 aliphatic heterocycles. The molecule has 0 radical (unpaired) electrons. The van der Waals surface area contributed by atoms with Crippen molar-refractivity contribution in [3.05, 3.63) is 0 Å². The van der Waals surface area contributed by atoms with Gasteiger partial charge in [-0.25, -0.2) is 0 Å². The van der Waals surface area contributed by atoms with E-state index in [2.05, 4.69) is 5.32 Å². The topological polar surface area (TPSA) is 88.1 Å². The molecule has 0 saturated carbocycles. The molecule has 0 aromatic rings. The van der Waals surface area contributed by atoms with Crippen molar-refractivity contribution in [1.82, 2.24) is 10.2 Å². The third-order valence-electron chi connectivity index (χ3n) is 3.60. The Kier molecular flexibility index (Phi) is 28.7. The summed E-state index contributed by atoms with van der Waals surface area (Å²) in [6.07, 6.45) is 2.23. The second kappa shape index (κ2) is 25.1. The first-order valence-corrected chi connectivity index (χ1v) is 10.0. The van der Waals surface area contributed by atoms with Gasteiger partial charge in [0.25, 0.3) is 0 Å². The second-order valence-electron chi connectivity index (χ2n) is 6.02. The molecular formula is C20H44N2O5. The summed E-state index contributed by atoms with van der Waals surface area (Å²) in [5.41, 5.74) is 0. The predicted octanol–water partition coefficient (Wildman–Crippen LogP) is 1.77. The highest BCUT2D eigenvalue weighted by Gasteiger charge is 2.09. The maximum atomic E-state index is 11.2. The van der Waals surface area contributed by atoms with Gasteiger partial charge in [-0.05, 0) is 20.5 Å². The standard InChI is InChI=1S/C11H23NO3.C7H15NO2.C2H6/c1-10(2)11(13)4-6-14-8-9-15-7-5-12-3;1-3-7(6-10)8(2)4-5-9;1-2/h10,12H,4-9H2,1-3H3;6-7,9H,3-5H2,1-2H3;1-2H3. The zero-order valence-electron chi connectivity index (χ0n) is 18.6. The van der Waals surface area contributed by atoms with Crippen LogP contribution in [0.3, 0.4) is 0 Å². The lowest BCUT2D eigenvalue weighted by Crippen LogP contribution is -2.34. The number of ether oxygens (including phenoxy) is 2. The molecule has 0 heterocycles. The Morgan fingerprint density at radius 3 is 2.11 bits per heavy atom. The minimum atomic E-state index is -0.0350. The summed E-state index contributed by atoms with van der Waals surface area (Å²) < 4.78 is 10.5. The lowest BCUT2D eigenvalue weighted by Gasteiger charge is -2.20. The predicted molar refractivity (Wildman–Crippen MR) is 111 cm³/mol. The number of aliphatic hydroxyl groups excluding tert-OH is 1. The highest BCUT2D eigenvalue weighted by atomic mass is 16.5. The summed E-state index contributed by atoms with van der Waals surface area (Å²) in [4.78, 5) is 23.4. The molecule has 27 heavy (non-hydrogen) atoms. The van der Waals surface area contributed by atoms with Gasteiger partial charge in [0, 0.05) is 25.4 Å². The number of likely N-dealkylation sites (N-methyl/N-ethyl adjacent to an activating group) is 2. The molecule has 1 atom stereocenters. The van der Waals surface area contributed by atoms with Crippen LogP contribution in [-0.4, -0.2) is 88.3 Å². The molecule has 0 saturated heterocycles. The van der Waals surface area contributed by atoms with Gasteiger partial charge in [-0.1, -0.05) is 34.6 Å². The first-order valence-electron chi connectivity index (χ1n) is 10.0. The quantitative estimate of drug-likeness (QED) is 0.324. The second-order valence-corrected chi connectivity index (χ2v) is 6.02. The van der Waals surface area contributed by atoms with Gasteiger partial charge < -0.3 is 24.7 Å². The van der Waals surface area contributed by atoms with E-state index in [-0.39, 0.29) is 24.3 Å². The Labute approximate surface area is 166 Å². The first-order chi connectivity index (χ1) is 12.9. The maximum absolute atomic E-state index is 11.2. The molecule has 0 aromatic heterocycles. The van der Waals surface area contributed by atoms with Crippen LogP contribution >= 0.6 is 0 Å². The molecule has 0 aromatic carbocycles. The average molecular weight is 393 g/mol. The van der Waals surface area contributed by atoms with E-state index in [1.54, 1.807) is 0 Å². The van der Waals surface area contributed by atoms with Crippen molar-refractivity contribution in [2.75, 3.05) is 60.2 Å². The molecule has 7 heteroatoms. The number of carbonyl (C=O) groups excluding carboxylic acids is 2. The summed E-state index contributed by atoms with van der Waals surface area (Å²) in [5, 5.41) is 11.5. The fourth-order valence-corrected chi connectivity index (χ4v) is 1.79. The van der Waals surface area contributed by atoms with Crippen molar-refractivity contribution < 1.29 is 24.2 Å². The van der Waals surface area contributed by atoms with Gasteiger partial charge in [-0.3, -0.25) is 9.69 Å². The lowest BCUT2D eigenvalue weighted by atomic mass is 10.1. The normalized spacial score (nSPS) is 11.3. The largest absolute Gasteiger partial charge is 0.395 e. The smallest absolute Gasteiger partial charge is 0.137 e. The van der Waals surface area contributed by atoms with E-state index < -0.39 is 0 Å². The molecule has 0 bridgehead atoms. The Balaban J connectivity index is -0.000000417. The van der Waals surface area contributed by atoms with E-state index in [9.17, 15) is 9.59 Å². The van der Waals surface area contributed by atoms with E-state index in [4.69, 9.17) is 14.6 Å². The van der Waals surface area contributed by atoms with Crippen LogP contribution in [0.2, 0.25) is 0 Å². The van der Waals surface area contributed by atoms with Crippen molar-refractivity contribution in [3.8, 4) is 0 Å². The number of carbonyl (C=O) groups is 2. The SMILES string of the molecule is CC.CCC(C=O)N(C)CCO.CNCCOCCOCCC(=O)C(C)C. The van der Waals surface area contributed by atoms with Gasteiger partial charge in [0.1, 0.15) is 12.1 Å². The third-order valence-corrected chi connectivity index (χ3v) is 3.60. The minimum absolute atomic E-state index is 0.0350. The molecule has 164 valence electrons. The van der Waals surface area contributed by atoms with Gasteiger partial charge in [0.05, 0.1) is 39.1 Å². The van der Waals surface area contributed by atoms with Gasteiger partial charge in [-0.2, -0.15) is 0 Å². The van der Waals surface area contributed by atoms with Crippen molar-refractivity contribution in [2.45, 2.75) is 53.5 Å². The lowest BCUT2D eigenvalue weighted by molar-refractivity contribution is -0.123. The third kappa shape index (κ3) is 23.1. The number of nitrogens with one attached hydrogen (secondary N) is 1. The van der Waals surface area contributed by atoms with Crippen LogP contribution in [0, 0.1) is 5.92 Å². The van der Waals surface area contributed by atoms with Gasteiger partial charge in [-0.15, -0.1) is 0 Å². The van der Waals surface area contributed by atoms with E-state index in [1.807, 2.05) is 53.6 Å². The molecule has 1 unspecified atom stereocenters. The number of ketones is 1. The Morgan fingerprint density at radius 1 is 1.15 bits per heavy atom. The zero-order chi connectivity index (χ0) is 21.5. The summed E-state index contributed by atoms with van der Waals surface area (Å²) in [5.74, 6) is 0.367. The molecule has 0 amide bonds. The Morgan fingerprint density at radius 2 is 1.70 bits per heavy atom. The fraction of sp³-hybridized carbons (Fsp3) is 0.900. The van der Waals surface area contributed by atoms with Crippen LogP contribution < -0.4 is 5.32 Å². The van der Waals surface area contributed by atoms with Crippen molar-refractivity contribution in [3.63, 3.8) is 0 Å². The molecule has 2 N–H and O–H groups in total. The van der Waals surface area contributed by atoms with E-state index >= 15 is 0 Å². The highest BCUT2D eigenvalue weighted by Crippen LogP contribution is 1.98. The maximum Gasteiger partial charge on any atom is 0.137 e. The number of hydrogen-bond donors (Lipinski definition) is 2. The summed E-state index contributed by atoms with van der Waals surface area (Å²) in [6, 6.07) is -0.0350.